The van der Waals surface area contributed by atoms with Gasteiger partial charge >= 0.3 is 0 Å². The molecule has 0 radical (unpaired) electrons. The smallest absolute Gasteiger partial charge is 0.287 e. The summed E-state index contributed by atoms with van der Waals surface area (Å²) in [5, 5.41) is 3.03. The normalized spacial score (nSPS) is 22.7. The van der Waals surface area contributed by atoms with Gasteiger partial charge < -0.3 is 14.6 Å². The summed E-state index contributed by atoms with van der Waals surface area (Å²) < 4.78 is 5.67. The van der Waals surface area contributed by atoms with Gasteiger partial charge in [-0.2, -0.15) is 0 Å². The Balaban J connectivity index is 1.59. The van der Waals surface area contributed by atoms with Crippen molar-refractivity contribution in [3.63, 3.8) is 0 Å². The largest absolute Gasteiger partial charge is 0.456 e. The molecule has 6 heteroatoms. The Kier molecular flexibility index (Phi) is 4.26. The number of pyridine rings is 1. The van der Waals surface area contributed by atoms with Crippen LogP contribution in [0.5, 0.6) is 0 Å². The lowest BCUT2D eigenvalue weighted by atomic mass is 10.0. The highest BCUT2D eigenvalue weighted by atomic mass is 16.4. The Morgan fingerprint density at radius 3 is 2.85 bits per heavy atom. The summed E-state index contributed by atoms with van der Waals surface area (Å²) in [7, 11) is 0. The van der Waals surface area contributed by atoms with Crippen LogP contribution in [0.25, 0.3) is 0 Å². The van der Waals surface area contributed by atoms with E-state index in [1.54, 1.807) is 18.5 Å². The second-order valence-electron chi connectivity index (χ2n) is 7.12. The summed E-state index contributed by atoms with van der Waals surface area (Å²) in [6.07, 6.45) is 6.61. The van der Waals surface area contributed by atoms with Crippen LogP contribution >= 0.6 is 0 Å². The Labute approximate surface area is 152 Å². The maximum atomic E-state index is 12.7. The highest BCUT2D eigenvalue weighted by Crippen LogP contribution is 2.41. The molecule has 0 spiro atoms. The predicted octanol–water partition coefficient (Wildman–Crippen LogP) is 2.78. The molecule has 1 saturated carbocycles. The molecule has 2 aliphatic rings. The lowest BCUT2D eigenvalue weighted by molar-refractivity contribution is -0.129. The van der Waals surface area contributed by atoms with Crippen molar-refractivity contribution in [3.8, 4) is 0 Å². The third-order valence-corrected chi connectivity index (χ3v) is 5.21. The van der Waals surface area contributed by atoms with Crippen LogP contribution < -0.4 is 5.32 Å². The van der Waals surface area contributed by atoms with Gasteiger partial charge in [0.2, 0.25) is 5.91 Å². The van der Waals surface area contributed by atoms with E-state index in [-0.39, 0.29) is 29.9 Å². The highest BCUT2D eigenvalue weighted by Gasteiger charge is 2.48. The summed E-state index contributed by atoms with van der Waals surface area (Å²) >= 11 is 0. The third-order valence-electron chi connectivity index (χ3n) is 5.21. The van der Waals surface area contributed by atoms with Crippen LogP contribution in [0.15, 0.2) is 35.0 Å². The quantitative estimate of drug-likeness (QED) is 0.897. The van der Waals surface area contributed by atoms with E-state index in [9.17, 15) is 9.59 Å². The average molecular weight is 353 g/mol. The molecule has 2 atom stereocenters. The first-order valence-corrected chi connectivity index (χ1v) is 9.19. The van der Waals surface area contributed by atoms with Gasteiger partial charge in [-0.3, -0.25) is 14.6 Å². The molecule has 2 aromatic heterocycles. The van der Waals surface area contributed by atoms with Gasteiger partial charge in [-0.15, -0.1) is 0 Å². The van der Waals surface area contributed by atoms with Gasteiger partial charge in [0.25, 0.3) is 5.91 Å². The molecule has 0 bridgehead atoms. The van der Waals surface area contributed by atoms with Crippen molar-refractivity contribution in [2.24, 2.45) is 0 Å². The minimum atomic E-state index is -0.282. The van der Waals surface area contributed by atoms with Crippen LogP contribution in [0, 0.1) is 6.92 Å². The van der Waals surface area contributed by atoms with Gasteiger partial charge in [-0.25, -0.2) is 0 Å². The van der Waals surface area contributed by atoms with E-state index in [4.69, 9.17) is 4.42 Å². The van der Waals surface area contributed by atoms with E-state index < -0.39 is 0 Å². The number of aromatic nitrogens is 1. The first kappa shape index (κ1) is 16.8. The molecule has 2 aromatic rings. The number of aryl methyl sites for hydroxylation is 2. The summed E-state index contributed by atoms with van der Waals surface area (Å²) in [4.78, 5) is 31.4. The topological polar surface area (TPSA) is 75.4 Å². The van der Waals surface area contributed by atoms with Crippen LogP contribution in [0.4, 0.5) is 0 Å². The molecule has 136 valence electrons. The Morgan fingerprint density at radius 1 is 1.42 bits per heavy atom. The second-order valence-corrected chi connectivity index (χ2v) is 7.12. The molecule has 2 fully saturated rings. The van der Waals surface area contributed by atoms with Gasteiger partial charge in [0, 0.05) is 31.3 Å². The van der Waals surface area contributed by atoms with Gasteiger partial charge in [0.1, 0.15) is 5.76 Å². The van der Waals surface area contributed by atoms with E-state index >= 15 is 0 Å². The number of nitrogens with one attached hydrogen (secondary N) is 1. The molecule has 6 nitrogen and oxygen atoms in total. The zero-order chi connectivity index (χ0) is 18.3. The van der Waals surface area contributed by atoms with E-state index in [1.165, 1.54) is 0 Å². The lowest BCUT2D eigenvalue weighted by Crippen LogP contribution is -2.40. The number of furan rings is 1. The predicted molar refractivity (Wildman–Crippen MR) is 95.5 cm³/mol. The molecule has 1 aliphatic heterocycles. The standard InChI is InChI=1S/C20H23N3O3/c1-3-16-12(2)9-17(26-16)20(25)22-15-10-18(24)23(14-6-7-14)19(15)13-5-4-8-21-11-13/h4-5,8-9,11,14-15,19H,3,6-7,10H2,1-2H3,(H,22,25)/t15-,19+/m1/s1. The van der Waals surface area contributed by atoms with Crippen molar-refractivity contribution < 1.29 is 14.0 Å². The molecule has 1 saturated heterocycles. The number of rotatable bonds is 5. The summed E-state index contributed by atoms with van der Waals surface area (Å²) in [6.45, 7) is 3.93. The number of carbonyl (C=O) groups is 2. The van der Waals surface area contributed by atoms with Crippen molar-refractivity contribution in [2.75, 3.05) is 0 Å². The third kappa shape index (κ3) is 3.00. The van der Waals surface area contributed by atoms with E-state index in [2.05, 4.69) is 10.3 Å². The minimum absolute atomic E-state index is 0.0940. The number of hydrogen-bond acceptors (Lipinski definition) is 4. The van der Waals surface area contributed by atoms with Gasteiger partial charge in [0.05, 0.1) is 12.1 Å². The molecule has 4 rings (SSSR count). The molecule has 1 N–H and O–H groups in total. The Hall–Kier alpha value is -2.63. The van der Waals surface area contributed by atoms with E-state index in [1.807, 2.05) is 30.9 Å². The molecule has 2 amide bonds. The summed E-state index contributed by atoms with van der Waals surface area (Å²) in [5.74, 6) is 0.955. The SMILES string of the molecule is CCc1oc(C(=O)N[C@@H]2CC(=O)N(C3CC3)[C@H]2c2cccnc2)cc1C. The van der Waals surface area contributed by atoms with E-state index in [0.717, 1.165) is 36.1 Å². The maximum Gasteiger partial charge on any atom is 0.287 e. The van der Waals surface area contributed by atoms with Gasteiger partial charge in [0.15, 0.2) is 5.76 Å². The van der Waals surface area contributed by atoms with Gasteiger partial charge in [-0.05, 0) is 43.0 Å². The maximum absolute atomic E-state index is 12.7. The van der Waals surface area contributed by atoms with Crippen LogP contribution in [0.2, 0.25) is 0 Å². The number of carbonyl (C=O) groups excluding carboxylic acids is 2. The van der Waals surface area contributed by atoms with Crippen molar-refractivity contribution in [3.05, 3.63) is 53.2 Å². The second kappa shape index (κ2) is 6.59. The first-order chi connectivity index (χ1) is 12.6. The number of likely N-dealkylation sites (tertiary alicyclic amines) is 1. The zero-order valence-electron chi connectivity index (χ0n) is 15.1. The Morgan fingerprint density at radius 2 is 2.23 bits per heavy atom. The Bertz CT molecular complexity index is 826. The monoisotopic (exact) mass is 353 g/mol. The first-order valence-electron chi connectivity index (χ1n) is 9.19. The molecule has 3 heterocycles. The van der Waals surface area contributed by atoms with Crippen LogP contribution in [0.3, 0.4) is 0 Å². The highest BCUT2D eigenvalue weighted by molar-refractivity contribution is 5.93. The van der Waals surface area contributed by atoms with Gasteiger partial charge in [-0.1, -0.05) is 13.0 Å². The fraction of sp³-hybridized carbons (Fsp3) is 0.450. The summed E-state index contributed by atoms with van der Waals surface area (Å²) in [6, 6.07) is 5.43. The fourth-order valence-electron chi connectivity index (χ4n) is 3.83. The average Bonchev–Trinajstić information content (AvgIpc) is 3.32. The number of amides is 2. The lowest BCUT2D eigenvalue weighted by Gasteiger charge is -2.28. The molecule has 0 unspecified atom stereocenters. The fourth-order valence-corrected chi connectivity index (χ4v) is 3.83. The molecular weight excluding hydrogens is 330 g/mol. The van der Waals surface area contributed by atoms with Crippen LogP contribution in [-0.4, -0.2) is 33.8 Å². The van der Waals surface area contributed by atoms with Crippen LogP contribution in [0.1, 0.15) is 59.7 Å². The van der Waals surface area contributed by atoms with Crippen molar-refractivity contribution in [1.29, 1.82) is 0 Å². The molecular formula is C20H23N3O3. The van der Waals surface area contributed by atoms with Crippen molar-refractivity contribution in [2.45, 2.75) is 57.7 Å². The molecule has 0 aromatic carbocycles. The minimum Gasteiger partial charge on any atom is -0.456 e. The number of hydrogen-bond donors (Lipinski definition) is 1. The van der Waals surface area contributed by atoms with E-state index in [0.29, 0.717) is 12.2 Å². The zero-order valence-corrected chi connectivity index (χ0v) is 15.1. The number of nitrogens with zero attached hydrogens (tertiary/aromatic N) is 2. The molecule has 26 heavy (non-hydrogen) atoms. The van der Waals surface area contributed by atoms with Crippen molar-refractivity contribution in [1.82, 2.24) is 15.2 Å². The van der Waals surface area contributed by atoms with Crippen molar-refractivity contribution >= 4 is 11.8 Å². The van der Waals surface area contributed by atoms with Crippen LogP contribution in [-0.2, 0) is 11.2 Å². The summed E-state index contributed by atoms with van der Waals surface area (Å²) in [5.41, 5.74) is 1.93. The molecule has 1 aliphatic carbocycles.